The Morgan fingerprint density at radius 1 is 1.10 bits per heavy atom. The van der Waals surface area contributed by atoms with Crippen molar-refractivity contribution in [2.45, 2.75) is 25.7 Å². The van der Waals surface area contributed by atoms with Crippen LogP contribution >= 0.6 is 0 Å². The van der Waals surface area contributed by atoms with Gasteiger partial charge >= 0.3 is 0 Å². The molecule has 0 bridgehead atoms. The number of amides is 2. The average molecular weight is 282 g/mol. The molecule has 108 valence electrons. The summed E-state index contributed by atoms with van der Waals surface area (Å²) < 4.78 is 26.7. The van der Waals surface area contributed by atoms with E-state index in [9.17, 15) is 18.4 Å². The second kappa shape index (κ2) is 6.45. The monoisotopic (exact) mass is 282 g/mol. The molecule has 1 aliphatic rings. The van der Waals surface area contributed by atoms with E-state index < -0.39 is 29.6 Å². The van der Waals surface area contributed by atoms with Crippen LogP contribution in [0.2, 0.25) is 0 Å². The van der Waals surface area contributed by atoms with E-state index in [1.807, 2.05) is 0 Å². The van der Waals surface area contributed by atoms with Crippen LogP contribution in [0.4, 0.5) is 14.5 Å². The molecule has 0 aromatic heterocycles. The number of nitrogens with zero attached hydrogens (tertiary/aromatic N) is 1. The van der Waals surface area contributed by atoms with E-state index in [0.29, 0.717) is 13.1 Å². The Kier molecular flexibility index (Phi) is 4.65. The summed E-state index contributed by atoms with van der Waals surface area (Å²) in [7, 11) is 0. The van der Waals surface area contributed by atoms with Crippen LogP contribution < -0.4 is 5.32 Å². The maximum atomic E-state index is 13.4. The van der Waals surface area contributed by atoms with Crippen molar-refractivity contribution >= 4 is 17.5 Å². The minimum absolute atomic E-state index is 0.307. The molecule has 2 amide bonds. The van der Waals surface area contributed by atoms with Crippen molar-refractivity contribution in [2.75, 3.05) is 18.4 Å². The summed E-state index contributed by atoms with van der Waals surface area (Å²) in [6.45, 7) is 1.28. The minimum Gasteiger partial charge on any atom is -0.342 e. The number of nitrogens with one attached hydrogen (secondary N) is 1. The molecule has 0 spiro atoms. The summed E-state index contributed by atoms with van der Waals surface area (Å²) in [6.07, 6.45) is 2.54. The van der Waals surface area contributed by atoms with Crippen LogP contribution in [0.3, 0.4) is 0 Å². The van der Waals surface area contributed by atoms with E-state index in [1.165, 1.54) is 6.07 Å². The highest BCUT2D eigenvalue weighted by Gasteiger charge is 2.20. The molecule has 4 nitrogen and oxygen atoms in total. The van der Waals surface area contributed by atoms with Crippen molar-refractivity contribution in [3.63, 3.8) is 0 Å². The largest absolute Gasteiger partial charge is 0.342 e. The molecule has 0 saturated carbocycles. The second-order valence-electron chi connectivity index (χ2n) is 4.76. The summed E-state index contributed by atoms with van der Waals surface area (Å²) >= 11 is 0. The average Bonchev–Trinajstić information content (AvgIpc) is 2.44. The van der Waals surface area contributed by atoms with Crippen LogP contribution in [0.1, 0.15) is 25.7 Å². The predicted octanol–water partition coefficient (Wildman–Crippen LogP) is 2.31. The molecule has 1 aliphatic heterocycles. The van der Waals surface area contributed by atoms with Crippen molar-refractivity contribution in [3.8, 4) is 0 Å². The number of benzene rings is 1. The smallest absolute Gasteiger partial charge is 0.233 e. The summed E-state index contributed by atoms with van der Waals surface area (Å²) in [5, 5.41) is 2.11. The lowest BCUT2D eigenvalue weighted by Gasteiger charge is -2.26. The van der Waals surface area contributed by atoms with Gasteiger partial charge in [0.25, 0.3) is 0 Å². The van der Waals surface area contributed by atoms with Crippen molar-refractivity contribution in [2.24, 2.45) is 0 Å². The summed E-state index contributed by atoms with van der Waals surface area (Å²) in [4.78, 5) is 25.1. The lowest BCUT2D eigenvalue weighted by Crippen LogP contribution is -2.37. The highest BCUT2D eigenvalue weighted by atomic mass is 19.1. The van der Waals surface area contributed by atoms with E-state index in [-0.39, 0.29) is 5.91 Å². The molecule has 2 rings (SSSR count). The molecule has 1 aromatic rings. The number of carbonyl (C=O) groups excluding carboxylic acids is 2. The fourth-order valence-corrected chi connectivity index (χ4v) is 2.19. The number of likely N-dealkylation sites (tertiary alicyclic amines) is 1. The van der Waals surface area contributed by atoms with Gasteiger partial charge in [0.15, 0.2) is 0 Å². The van der Waals surface area contributed by atoms with Gasteiger partial charge in [0, 0.05) is 13.1 Å². The highest BCUT2D eigenvalue weighted by Crippen LogP contribution is 2.18. The molecule has 1 fully saturated rings. The Morgan fingerprint density at radius 3 is 2.30 bits per heavy atom. The molecular formula is C14H16F2N2O2. The number of halogens is 2. The third kappa shape index (κ3) is 3.53. The quantitative estimate of drug-likeness (QED) is 0.865. The zero-order valence-corrected chi connectivity index (χ0v) is 11.0. The standard InChI is InChI=1S/C14H16F2N2O2/c15-10-5-4-6-11(16)14(10)17-12(19)9-13(20)18-7-2-1-3-8-18/h4-6H,1-3,7-9H2,(H,17,19). The predicted molar refractivity (Wildman–Crippen MR) is 70.0 cm³/mol. The second-order valence-corrected chi connectivity index (χ2v) is 4.76. The summed E-state index contributed by atoms with van der Waals surface area (Å²) in [5.74, 6) is -2.73. The van der Waals surface area contributed by atoms with Gasteiger partial charge in [-0.1, -0.05) is 6.07 Å². The van der Waals surface area contributed by atoms with E-state index in [2.05, 4.69) is 5.32 Å². The Balaban J connectivity index is 1.93. The molecule has 1 saturated heterocycles. The third-order valence-corrected chi connectivity index (χ3v) is 3.25. The van der Waals surface area contributed by atoms with Crippen LogP contribution in [-0.2, 0) is 9.59 Å². The van der Waals surface area contributed by atoms with Gasteiger partial charge in [-0.25, -0.2) is 8.78 Å². The van der Waals surface area contributed by atoms with Crippen molar-refractivity contribution < 1.29 is 18.4 Å². The molecule has 1 aromatic carbocycles. The van der Waals surface area contributed by atoms with Gasteiger partial charge in [0.1, 0.15) is 23.7 Å². The van der Waals surface area contributed by atoms with Gasteiger partial charge in [-0.15, -0.1) is 0 Å². The lowest BCUT2D eigenvalue weighted by molar-refractivity contribution is -0.135. The Hall–Kier alpha value is -1.98. The maximum absolute atomic E-state index is 13.4. The van der Waals surface area contributed by atoms with Gasteiger partial charge in [0.2, 0.25) is 11.8 Å². The number of piperidine rings is 1. The van der Waals surface area contributed by atoms with E-state index >= 15 is 0 Å². The van der Waals surface area contributed by atoms with Crippen LogP contribution in [0.25, 0.3) is 0 Å². The molecule has 0 atom stereocenters. The van der Waals surface area contributed by atoms with Gasteiger partial charge in [-0.3, -0.25) is 9.59 Å². The SMILES string of the molecule is O=C(CC(=O)N1CCCCC1)Nc1c(F)cccc1F. The normalized spacial score (nSPS) is 15.0. The van der Waals surface area contributed by atoms with Crippen LogP contribution in [0, 0.1) is 11.6 Å². The molecule has 1 heterocycles. The first-order valence-electron chi connectivity index (χ1n) is 6.59. The number of hydrogen-bond acceptors (Lipinski definition) is 2. The van der Waals surface area contributed by atoms with E-state index in [4.69, 9.17) is 0 Å². The van der Waals surface area contributed by atoms with Crippen LogP contribution in [0.5, 0.6) is 0 Å². The van der Waals surface area contributed by atoms with E-state index in [1.54, 1.807) is 4.90 Å². The molecule has 6 heteroatoms. The van der Waals surface area contributed by atoms with Gasteiger partial charge in [-0.2, -0.15) is 0 Å². The summed E-state index contributed by atoms with van der Waals surface area (Å²) in [5.41, 5.74) is -0.510. The zero-order chi connectivity index (χ0) is 14.5. The molecule has 0 aliphatic carbocycles. The fourth-order valence-electron chi connectivity index (χ4n) is 2.19. The molecule has 0 radical (unpaired) electrons. The Bertz CT molecular complexity index is 494. The Labute approximate surface area is 115 Å². The maximum Gasteiger partial charge on any atom is 0.233 e. The van der Waals surface area contributed by atoms with E-state index in [0.717, 1.165) is 31.4 Å². The fraction of sp³-hybridized carbons (Fsp3) is 0.429. The minimum atomic E-state index is -0.858. The van der Waals surface area contributed by atoms with Gasteiger partial charge < -0.3 is 10.2 Å². The molecule has 1 N–H and O–H groups in total. The summed E-state index contributed by atoms with van der Waals surface area (Å²) in [6, 6.07) is 3.30. The van der Waals surface area contributed by atoms with Crippen molar-refractivity contribution in [3.05, 3.63) is 29.8 Å². The molecular weight excluding hydrogens is 266 g/mol. The zero-order valence-electron chi connectivity index (χ0n) is 11.0. The topological polar surface area (TPSA) is 49.4 Å². The lowest BCUT2D eigenvalue weighted by atomic mass is 10.1. The number of hydrogen-bond donors (Lipinski definition) is 1. The first-order valence-corrected chi connectivity index (χ1v) is 6.59. The van der Waals surface area contributed by atoms with Crippen LogP contribution in [-0.4, -0.2) is 29.8 Å². The number of rotatable bonds is 3. The third-order valence-electron chi connectivity index (χ3n) is 3.25. The number of anilines is 1. The van der Waals surface area contributed by atoms with Crippen molar-refractivity contribution in [1.82, 2.24) is 4.90 Å². The number of carbonyl (C=O) groups is 2. The highest BCUT2D eigenvalue weighted by molar-refractivity contribution is 6.03. The van der Waals surface area contributed by atoms with Gasteiger partial charge in [0.05, 0.1) is 0 Å². The van der Waals surface area contributed by atoms with Crippen LogP contribution in [0.15, 0.2) is 18.2 Å². The first-order chi connectivity index (χ1) is 9.58. The van der Waals surface area contributed by atoms with Gasteiger partial charge in [-0.05, 0) is 31.4 Å². The Morgan fingerprint density at radius 2 is 1.70 bits per heavy atom. The molecule has 20 heavy (non-hydrogen) atoms. The van der Waals surface area contributed by atoms with Crippen molar-refractivity contribution in [1.29, 1.82) is 0 Å². The molecule has 0 unspecified atom stereocenters. The number of para-hydroxylation sites is 1. The first kappa shape index (κ1) is 14.4.